The molecule has 21 heavy (non-hydrogen) atoms. The first-order valence-corrected chi connectivity index (χ1v) is 8.24. The van der Waals surface area contributed by atoms with Gasteiger partial charge < -0.3 is 5.32 Å². The summed E-state index contributed by atoms with van der Waals surface area (Å²) in [4.78, 5) is 0. The molecule has 110 valence electrons. The zero-order valence-corrected chi connectivity index (χ0v) is 13.4. The quantitative estimate of drug-likeness (QED) is 0.828. The molecule has 0 unspecified atom stereocenters. The standard InChI is InChI=1S/C18H19BrFN/c19-17-7-3-2-6-16(17)14-11-15(12-14)21-10-9-13-5-1-4-8-18(13)20/h1-8,14-15,21H,9-12H2. The van der Waals surface area contributed by atoms with Gasteiger partial charge in [0, 0.05) is 10.5 Å². The molecule has 3 heteroatoms. The molecular weight excluding hydrogens is 329 g/mol. The molecule has 1 aliphatic rings. The van der Waals surface area contributed by atoms with Gasteiger partial charge in [-0.2, -0.15) is 0 Å². The summed E-state index contributed by atoms with van der Waals surface area (Å²) in [7, 11) is 0. The second kappa shape index (κ2) is 6.71. The van der Waals surface area contributed by atoms with Crippen LogP contribution in [0.25, 0.3) is 0 Å². The Morgan fingerprint density at radius 2 is 1.76 bits per heavy atom. The highest BCUT2D eigenvalue weighted by atomic mass is 79.9. The predicted molar refractivity (Wildman–Crippen MR) is 88.0 cm³/mol. The van der Waals surface area contributed by atoms with Gasteiger partial charge in [-0.1, -0.05) is 52.3 Å². The average molecular weight is 348 g/mol. The molecule has 1 saturated carbocycles. The fourth-order valence-electron chi connectivity index (χ4n) is 2.96. The van der Waals surface area contributed by atoms with Crippen LogP contribution >= 0.6 is 15.9 Å². The lowest BCUT2D eigenvalue weighted by Gasteiger charge is -2.37. The van der Waals surface area contributed by atoms with Crippen molar-refractivity contribution in [2.45, 2.75) is 31.2 Å². The van der Waals surface area contributed by atoms with Crippen LogP contribution in [0.2, 0.25) is 0 Å². The number of nitrogens with one attached hydrogen (secondary N) is 1. The second-order valence-electron chi connectivity index (χ2n) is 5.68. The fourth-order valence-corrected chi connectivity index (χ4v) is 3.57. The monoisotopic (exact) mass is 347 g/mol. The van der Waals surface area contributed by atoms with Crippen molar-refractivity contribution in [1.29, 1.82) is 0 Å². The summed E-state index contributed by atoms with van der Waals surface area (Å²) < 4.78 is 14.7. The summed E-state index contributed by atoms with van der Waals surface area (Å²) >= 11 is 3.62. The maximum atomic E-state index is 13.5. The Morgan fingerprint density at radius 1 is 1.05 bits per heavy atom. The van der Waals surface area contributed by atoms with Crippen LogP contribution in [-0.4, -0.2) is 12.6 Å². The lowest BCUT2D eigenvalue weighted by Crippen LogP contribution is -2.41. The summed E-state index contributed by atoms with van der Waals surface area (Å²) in [5.41, 5.74) is 2.20. The normalized spacial score (nSPS) is 21.0. The Kier molecular flexibility index (Phi) is 4.71. The van der Waals surface area contributed by atoms with Gasteiger partial charge in [0.15, 0.2) is 0 Å². The molecule has 0 saturated heterocycles. The Morgan fingerprint density at radius 3 is 2.52 bits per heavy atom. The summed E-state index contributed by atoms with van der Waals surface area (Å²) in [6.45, 7) is 0.842. The van der Waals surface area contributed by atoms with Crippen LogP contribution < -0.4 is 5.32 Å². The molecule has 1 fully saturated rings. The SMILES string of the molecule is Fc1ccccc1CCNC1CC(c2ccccc2Br)C1. The van der Waals surface area contributed by atoms with E-state index in [2.05, 4.69) is 45.5 Å². The Hall–Kier alpha value is -1.19. The zero-order valence-electron chi connectivity index (χ0n) is 11.9. The van der Waals surface area contributed by atoms with E-state index in [9.17, 15) is 4.39 Å². The third-order valence-electron chi connectivity index (χ3n) is 4.27. The van der Waals surface area contributed by atoms with Gasteiger partial charge in [-0.25, -0.2) is 4.39 Å². The lowest BCUT2D eigenvalue weighted by molar-refractivity contribution is 0.292. The minimum atomic E-state index is -0.0981. The number of hydrogen-bond acceptors (Lipinski definition) is 1. The zero-order chi connectivity index (χ0) is 14.7. The van der Waals surface area contributed by atoms with Crippen molar-refractivity contribution in [2.24, 2.45) is 0 Å². The van der Waals surface area contributed by atoms with Crippen LogP contribution in [0.1, 0.15) is 29.9 Å². The van der Waals surface area contributed by atoms with E-state index in [0.29, 0.717) is 12.0 Å². The average Bonchev–Trinajstić information content (AvgIpc) is 2.44. The molecule has 0 bridgehead atoms. The highest BCUT2D eigenvalue weighted by Gasteiger charge is 2.30. The summed E-state index contributed by atoms with van der Waals surface area (Å²) in [6, 6.07) is 16.0. The van der Waals surface area contributed by atoms with E-state index in [4.69, 9.17) is 0 Å². The molecule has 2 aromatic carbocycles. The third-order valence-corrected chi connectivity index (χ3v) is 4.99. The van der Waals surface area contributed by atoms with Gasteiger partial charge in [-0.3, -0.25) is 0 Å². The van der Waals surface area contributed by atoms with Crippen LogP contribution in [0.4, 0.5) is 4.39 Å². The number of hydrogen-bond donors (Lipinski definition) is 1. The first-order valence-electron chi connectivity index (χ1n) is 7.45. The maximum absolute atomic E-state index is 13.5. The van der Waals surface area contributed by atoms with Gasteiger partial charge in [0.1, 0.15) is 5.82 Å². The van der Waals surface area contributed by atoms with Crippen molar-refractivity contribution in [1.82, 2.24) is 5.32 Å². The van der Waals surface area contributed by atoms with Crippen molar-refractivity contribution < 1.29 is 4.39 Å². The molecular formula is C18H19BrFN. The molecule has 0 amide bonds. The fraction of sp³-hybridized carbons (Fsp3) is 0.333. The molecule has 1 aliphatic carbocycles. The largest absolute Gasteiger partial charge is 0.314 e. The highest BCUT2D eigenvalue weighted by Crippen LogP contribution is 2.39. The highest BCUT2D eigenvalue weighted by molar-refractivity contribution is 9.10. The lowest BCUT2D eigenvalue weighted by atomic mass is 9.76. The van der Waals surface area contributed by atoms with E-state index in [1.165, 1.54) is 28.9 Å². The van der Waals surface area contributed by atoms with Gasteiger partial charge in [-0.05, 0) is 55.0 Å². The Balaban J connectivity index is 1.44. The minimum absolute atomic E-state index is 0.0981. The minimum Gasteiger partial charge on any atom is -0.314 e. The molecule has 2 aromatic rings. The van der Waals surface area contributed by atoms with Crippen LogP contribution in [-0.2, 0) is 6.42 Å². The van der Waals surface area contributed by atoms with Gasteiger partial charge in [0.05, 0.1) is 0 Å². The van der Waals surface area contributed by atoms with E-state index in [1.54, 1.807) is 6.07 Å². The topological polar surface area (TPSA) is 12.0 Å². The van der Waals surface area contributed by atoms with Crippen molar-refractivity contribution >= 4 is 15.9 Å². The van der Waals surface area contributed by atoms with Crippen LogP contribution in [0.15, 0.2) is 53.0 Å². The maximum Gasteiger partial charge on any atom is 0.126 e. The Bertz CT molecular complexity index is 608. The first kappa shape index (κ1) is 14.7. The molecule has 0 atom stereocenters. The molecule has 0 aromatic heterocycles. The van der Waals surface area contributed by atoms with Gasteiger partial charge in [0.2, 0.25) is 0 Å². The summed E-state index contributed by atoms with van der Waals surface area (Å²) in [5, 5.41) is 3.53. The molecule has 1 N–H and O–H groups in total. The van der Waals surface area contributed by atoms with Crippen LogP contribution in [0.3, 0.4) is 0 Å². The van der Waals surface area contributed by atoms with Gasteiger partial charge in [-0.15, -0.1) is 0 Å². The summed E-state index contributed by atoms with van der Waals surface area (Å²) in [5.74, 6) is 0.547. The number of benzene rings is 2. The molecule has 3 rings (SSSR count). The van der Waals surface area contributed by atoms with Crippen molar-refractivity contribution in [3.63, 3.8) is 0 Å². The van der Waals surface area contributed by atoms with Gasteiger partial charge in [0.25, 0.3) is 0 Å². The van der Waals surface area contributed by atoms with E-state index in [0.717, 1.165) is 18.5 Å². The van der Waals surface area contributed by atoms with E-state index >= 15 is 0 Å². The predicted octanol–water partition coefficient (Wildman–Crippen LogP) is 4.67. The van der Waals surface area contributed by atoms with E-state index in [1.807, 2.05) is 12.1 Å². The molecule has 0 aliphatic heterocycles. The number of rotatable bonds is 5. The van der Waals surface area contributed by atoms with E-state index < -0.39 is 0 Å². The smallest absolute Gasteiger partial charge is 0.126 e. The molecule has 0 radical (unpaired) electrons. The van der Waals surface area contributed by atoms with Crippen molar-refractivity contribution in [3.05, 3.63) is 69.9 Å². The number of halogens is 2. The first-order chi connectivity index (χ1) is 10.2. The van der Waals surface area contributed by atoms with Gasteiger partial charge >= 0.3 is 0 Å². The molecule has 1 nitrogen and oxygen atoms in total. The molecule has 0 heterocycles. The summed E-state index contributed by atoms with van der Waals surface area (Å²) in [6.07, 6.45) is 3.09. The third kappa shape index (κ3) is 3.53. The van der Waals surface area contributed by atoms with Crippen LogP contribution in [0.5, 0.6) is 0 Å². The second-order valence-corrected chi connectivity index (χ2v) is 6.54. The van der Waals surface area contributed by atoms with E-state index in [-0.39, 0.29) is 5.82 Å². The van der Waals surface area contributed by atoms with Crippen molar-refractivity contribution in [3.8, 4) is 0 Å². The Labute approximate surface area is 133 Å². The van der Waals surface area contributed by atoms with Crippen molar-refractivity contribution in [2.75, 3.05) is 6.54 Å². The molecule has 0 spiro atoms. The van der Waals surface area contributed by atoms with Crippen LogP contribution in [0, 0.1) is 5.82 Å².